The maximum Gasteiger partial charge on any atom is 0.462 e. The summed E-state index contributed by atoms with van der Waals surface area (Å²) in [4.78, 5) is 37.9. The van der Waals surface area contributed by atoms with Gasteiger partial charge < -0.3 is 19.5 Å². The van der Waals surface area contributed by atoms with Crippen LogP contribution < -0.4 is 15.8 Å². The molecule has 0 radical (unpaired) electrons. The molecule has 3 N–H and O–H groups in total. The summed E-state index contributed by atoms with van der Waals surface area (Å²) in [7, 11) is -4.40. The van der Waals surface area contributed by atoms with E-state index in [-0.39, 0.29) is 18.2 Å². The quantitative estimate of drug-likeness (QED) is 0.280. The largest absolute Gasteiger partial charge is 0.480 e. The molecule has 0 bridgehead atoms. The Labute approximate surface area is 231 Å². The van der Waals surface area contributed by atoms with Crippen molar-refractivity contribution in [3.8, 4) is 11.8 Å². The van der Waals surface area contributed by atoms with Crippen LogP contribution in [0.1, 0.15) is 46.3 Å². The molecule has 1 fully saturated rings. The molecule has 1 aliphatic heterocycles. The van der Waals surface area contributed by atoms with E-state index in [4.69, 9.17) is 13.8 Å². The van der Waals surface area contributed by atoms with Gasteiger partial charge in [0.05, 0.1) is 12.7 Å². The van der Waals surface area contributed by atoms with E-state index in [1.54, 1.807) is 30.3 Å². The second-order valence-electron chi connectivity index (χ2n) is 9.60. The highest BCUT2D eigenvalue weighted by atomic mass is 31.2. The molecule has 1 saturated heterocycles. The monoisotopic (exact) mass is 578 g/mol. The molecule has 218 valence electrons. The molecule has 13 nitrogen and oxygen atoms in total. The van der Waals surface area contributed by atoms with Crippen LogP contribution in [0.4, 0.5) is 0 Å². The second kappa shape index (κ2) is 13.9. The third-order valence-electron chi connectivity index (χ3n) is 6.85. The van der Waals surface area contributed by atoms with Crippen molar-refractivity contribution < 1.29 is 33.4 Å². The molecule has 0 aliphatic carbocycles. The average Bonchev–Trinajstić information content (AvgIpc) is 3.24. The molecule has 2 heterocycles. The predicted molar refractivity (Wildman–Crippen MR) is 143 cm³/mol. The van der Waals surface area contributed by atoms with Crippen molar-refractivity contribution in [2.75, 3.05) is 13.2 Å². The number of nitrogens with one attached hydrogen (secondary N) is 1. The zero-order valence-electron chi connectivity index (χ0n) is 22.6. The zero-order valence-corrected chi connectivity index (χ0v) is 23.5. The van der Waals surface area contributed by atoms with Crippen molar-refractivity contribution in [2.24, 2.45) is 11.8 Å². The maximum absolute atomic E-state index is 14.5. The van der Waals surface area contributed by atoms with Gasteiger partial charge >= 0.3 is 19.4 Å². The normalized spacial score (nSPS) is 23.7. The number of aliphatic hydroxyl groups is 1. The number of aliphatic carboxylic acids is 1. The van der Waals surface area contributed by atoms with Crippen LogP contribution in [0.5, 0.6) is 5.75 Å². The fourth-order valence-corrected chi connectivity index (χ4v) is 6.50. The van der Waals surface area contributed by atoms with Crippen molar-refractivity contribution in [3.05, 3.63) is 63.4 Å². The summed E-state index contributed by atoms with van der Waals surface area (Å²) in [5, 5.41) is 30.4. The van der Waals surface area contributed by atoms with Crippen molar-refractivity contribution in [1.82, 2.24) is 14.2 Å². The molecule has 14 heteroatoms. The molecule has 2 aromatic rings. The highest BCUT2D eigenvalue weighted by molar-refractivity contribution is 7.51. The Kier molecular flexibility index (Phi) is 10.8. The molecule has 1 aromatic carbocycles. The Morgan fingerprint density at radius 1 is 1.27 bits per heavy atom. The molecule has 0 amide bonds. The summed E-state index contributed by atoms with van der Waals surface area (Å²) in [5.74, 6) is -2.28. The molecule has 0 saturated carbocycles. The molecule has 0 spiro atoms. The number of ether oxygens (including phenoxy) is 1. The van der Waals surface area contributed by atoms with Gasteiger partial charge in [-0.15, -0.1) is 0 Å². The Balaban J connectivity index is 1.94. The molecule has 2 unspecified atom stereocenters. The number of H-pyrrole nitrogens is 1. The van der Waals surface area contributed by atoms with Crippen LogP contribution in [-0.2, 0) is 18.6 Å². The molecule has 40 heavy (non-hydrogen) atoms. The van der Waals surface area contributed by atoms with Gasteiger partial charge in [0.2, 0.25) is 0 Å². The fraction of sp³-hybridized carbons (Fsp3) is 0.538. The van der Waals surface area contributed by atoms with Crippen LogP contribution in [-0.4, -0.2) is 61.8 Å². The first-order valence-electron chi connectivity index (χ1n) is 13.1. The standard InChI is InChI=1S/C26H35N4O9P/c1-4-9-18(5-2)15-30(17(3)25(33)34)40(36,39-19-10-7-6-8-11-19)37-16-21-23(32)20(14-27)24(38-21)29-13-12-22(31)28-26(29)35/h6-8,10-13,17-18,20-21,23-24,32H,4-5,9,15-16H2,1-3H3,(H,33,34)(H,28,31,35)/t17?,18?,20-,21-,23+,24-,40-/m1/s1. The minimum atomic E-state index is -4.40. The number of hydrogen-bond donors (Lipinski definition) is 3. The average molecular weight is 579 g/mol. The summed E-state index contributed by atoms with van der Waals surface area (Å²) in [6.45, 7) is 4.89. The third kappa shape index (κ3) is 7.27. The van der Waals surface area contributed by atoms with E-state index in [0.717, 1.165) is 29.7 Å². The van der Waals surface area contributed by atoms with Crippen molar-refractivity contribution in [1.29, 1.82) is 5.26 Å². The Morgan fingerprint density at radius 2 is 1.98 bits per heavy atom. The number of rotatable bonds is 14. The maximum atomic E-state index is 14.5. The summed E-state index contributed by atoms with van der Waals surface area (Å²) in [6.07, 6.45) is -0.531. The summed E-state index contributed by atoms with van der Waals surface area (Å²) in [6, 6.07) is 9.87. The minimum Gasteiger partial charge on any atom is -0.480 e. The molecule has 1 aliphatic rings. The number of aromatic amines is 1. The van der Waals surface area contributed by atoms with Gasteiger partial charge in [-0.2, -0.15) is 9.93 Å². The number of aliphatic hydroxyl groups excluding tert-OH is 1. The van der Waals surface area contributed by atoms with Crippen LogP contribution >= 0.6 is 7.75 Å². The van der Waals surface area contributed by atoms with Crippen LogP contribution in [0.2, 0.25) is 0 Å². The molecular formula is C26H35N4O9P. The van der Waals surface area contributed by atoms with E-state index in [0.29, 0.717) is 6.42 Å². The lowest BCUT2D eigenvalue weighted by atomic mass is 10.0. The number of aromatic nitrogens is 2. The summed E-state index contributed by atoms with van der Waals surface area (Å²) >= 11 is 0. The van der Waals surface area contributed by atoms with E-state index >= 15 is 0 Å². The van der Waals surface area contributed by atoms with Gasteiger partial charge in [-0.25, -0.2) is 9.36 Å². The highest BCUT2D eigenvalue weighted by Crippen LogP contribution is 2.54. The Morgan fingerprint density at radius 3 is 2.55 bits per heavy atom. The number of carbonyl (C=O) groups is 1. The lowest BCUT2D eigenvalue weighted by Crippen LogP contribution is -2.42. The Bertz CT molecular complexity index is 1340. The molecule has 3 rings (SSSR count). The van der Waals surface area contributed by atoms with Crippen LogP contribution in [0, 0.1) is 23.2 Å². The van der Waals surface area contributed by atoms with Crippen LogP contribution in [0.25, 0.3) is 0 Å². The van der Waals surface area contributed by atoms with Gasteiger partial charge in [0.25, 0.3) is 5.56 Å². The second-order valence-corrected chi connectivity index (χ2v) is 11.5. The van der Waals surface area contributed by atoms with Gasteiger partial charge in [-0.05, 0) is 31.4 Å². The minimum absolute atomic E-state index is 0.00381. The van der Waals surface area contributed by atoms with E-state index in [2.05, 4.69) is 4.98 Å². The summed E-state index contributed by atoms with van der Waals surface area (Å²) < 4.78 is 34.1. The highest BCUT2D eigenvalue weighted by Gasteiger charge is 2.48. The smallest absolute Gasteiger partial charge is 0.462 e. The number of carboxylic acids is 1. The molecule has 7 atom stereocenters. The number of hydrogen-bond acceptors (Lipinski definition) is 9. The van der Waals surface area contributed by atoms with Crippen molar-refractivity contribution in [3.63, 3.8) is 0 Å². The van der Waals surface area contributed by atoms with Gasteiger partial charge in [-0.1, -0.05) is 44.9 Å². The SMILES string of the molecule is CCCC(CC)CN(C(C)C(=O)O)[P@@](=O)(OC[C@H]1O[C@@H](n2ccc(=O)[nH]c2=O)[C@H](C#N)[C@@H]1O)Oc1ccccc1. The van der Waals surface area contributed by atoms with Crippen molar-refractivity contribution >= 4 is 13.7 Å². The van der Waals surface area contributed by atoms with E-state index in [1.165, 1.54) is 11.6 Å². The first-order valence-corrected chi connectivity index (χ1v) is 14.6. The van der Waals surface area contributed by atoms with Gasteiger partial charge in [0, 0.05) is 18.8 Å². The zero-order chi connectivity index (χ0) is 29.4. The molecule has 1 aromatic heterocycles. The number of benzene rings is 1. The summed E-state index contributed by atoms with van der Waals surface area (Å²) in [5.41, 5.74) is -1.49. The first kappa shape index (κ1) is 31.3. The number of nitrogens with zero attached hydrogens (tertiary/aromatic N) is 3. The van der Waals surface area contributed by atoms with E-state index in [9.17, 15) is 34.4 Å². The Hall–Kier alpha value is -3.27. The number of nitriles is 1. The number of para-hydroxylation sites is 1. The van der Waals surface area contributed by atoms with E-state index < -0.39 is 62.0 Å². The molecular weight excluding hydrogens is 543 g/mol. The van der Waals surface area contributed by atoms with Gasteiger partial charge in [0.15, 0.2) is 6.23 Å². The van der Waals surface area contributed by atoms with Crippen LogP contribution in [0.3, 0.4) is 0 Å². The first-order chi connectivity index (χ1) is 19.0. The van der Waals surface area contributed by atoms with E-state index in [1.807, 2.05) is 19.9 Å². The van der Waals surface area contributed by atoms with Gasteiger partial charge in [0.1, 0.15) is 29.9 Å². The lowest BCUT2D eigenvalue weighted by molar-refractivity contribution is -0.141. The van der Waals surface area contributed by atoms with Crippen molar-refractivity contribution in [2.45, 2.75) is 64.5 Å². The van der Waals surface area contributed by atoms with Gasteiger partial charge in [-0.3, -0.25) is 23.7 Å². The number of carboxylic acid groups (broad SMARTS) is 1. The predicted octanol–water partition coefficient (Wildman–Crippen LogP) is 2.74. The van der Waals surface area contributed by atoms with Crippen LogP contribution in [0.15, 0.2) is 52.2 Å². The lowest BCUT2D eigenvalue weighted by Gasteiger charge is -2.35. The fourth-order valence-electron chi connectivity index (χ4n) is 4.52. The topological polar surface area (TPSA) is 184 Å². The third-order valence-corrected chi connectivity index (χ3v) is 8.91.